The van der Waals surface area contributed by atoms with Gasteiger partial charge in [0, 0.05) is 26.8 Å². The van der Waals surface area contributed by atoms with E-state index in [1.807, 2.05) is 0 Å². The van der Waals surface area contributed by atoms with Gasteiger partial charge in [0.25, 0.3) is 0 Å². The molecule has 0 unspecified atom stereocenters. The Morgan fingerprint density at radius 3 is 2.35 bits per heavy atom. The van der Waals surface area contributed by atoms with Gasteiger partial charge in [-0.15, -0.1) is 0 Å². The fraction of sp³-hybridized carbons (Fsp3) is 0.571. The Kier molecular flexibility index (Phi) is 5.79. The first-order chi connectivity index (χ1) is 10.8. The zero-order chi connectivity index (χ0) is 17.1. The number of nitrogens with one attached hydrogen (secondary N) is 1. The largest absolute Gasteiger partial charge is 0.355 e. The third kappa shape index (κ3) is 4.30. The molecular weight excluding hydrogens is 342 g/mol. The molecule has 0 radical (unpaired) electrons. The molecule has 1 aromatic rings. The van der Waals surface area contributed by atoms with E-state index < -0.39 is 37.3 Å². The van der Waals surface area contributed by atoms with Crippen molar-refractivity contribution in [1.82, 2.24) is 5.32 Å². The van der Waals surface area contributed by atoms with Crippen LogP contribution in [0.5, 0.6) is 0 Å². The van der Waals surface area contributed by atoms with Crippen LogP contribution in [-0.2, 0) is 29.1 Å². The highest BCUT2D eigenvalue weighted by atomic mass is 32.2. The smallest absolute Gasteiger partial charge is 0.183 e. The minimum absolute atomic E-state index is 0.129. The lowest BCUT2D eigenvalue weighted by atomic mass is 10.2. The summed E-state index contributed by atoms with van der Waals surface area (Å²) in [5, 5.41) is 1.93. The molecule has 0 bridgehead atoms. The fourth-order valence-electron chi connectivity index (χ4n) is 2.61. The molecule has 1 aromatic carbocycles. The van der Waals surface area contributed by atoms with Gasteiger partial charge >= 0.3 is 0 Å². The van der Waals surface area contributed by atoms with Gasteiger partial charge in [-0.25, -0.2) is 16.8 Å². The summed E-state index contributed by atoms with van der Waals surface area (Å²) in [5.74, 6) is -0.601. The highest BCUT2D eigenvalue weighted by Crippen LogP contribution is 2.25. The summed E-state index contributed by atoms with van der Waals surface area (Å²) in [6.07, 6.45) is -0.571. The van der Waals surface area contributed by atoms with Crippen molar-refractivity contribution < 1.29 is 26.3 Å². The molecule has 1 aliphatic rings. The van der Waals surface area contributed by atoms with E-state index in [0.29, 0.717) is 0 Å². The molecule has 2 atom stereocenters. The molecule has 1 heterocycles. The SMILES string of the molecule is COC(CN[C@H]1CS(=O)(=O)C[C@@H]1S(=O)(=O)c1ccccc1)OC. The van der Waals surface area contributed by atoms with Crippen molar-refractivity contribution in [1.29, 1.82) is 0 Å². The summed E-state index contributed by atoms with van der Waals surface area (Å²) >= 11 is 0. The van der Waals surface area contributed by atoms with Crippen molar-refractivity contribution in [3.63, 3.8) is 0 Å². The van der Waals surface area contributed by atoms with Crippen LogP contribution in [0.25, 0.3) is 0 Å². The molecule has 23 heavy (non-hydrogen) atoms. The van der Waals surface area contributed by atoms with Crippen LogP contribution in [0.3, 0.4) is 0 Å². The average Bonchev–Trinajstić information content (AvgIpc) is 2.85. The lowest BCUT2D eigenvalue weighted by Gasteiger charge is -2.22. The molecular formula is C14H21NO6S2. The number of methoxy groups -OCH3 is 2. The third-order valence-electron chi connectivity index (χ3n) is 3.84. The predicted octanol–water partition coefficient (Wildman–Crippen LogP) is -0.166. The van der Waals surface area contributed by atoms with Gasteiger partial charge in [-0.1, -0.05) is 18.2 Å². The highest BCUT2D eigenvalue weighted by molar-refractivity contribution is 7.96. The van der Waals surface area contributed by atoms with Crippen LogP contribution in [0.2, 0.25) is 0 Å². The molecule has 0 aromatic heterocycles. The molecule has 130 valence electrons. The van der Waals surface area contributed by atoms with E-state index in [2.05, 4.69) is 5.32 Å². The molecule has 0 amide bonds. The van der Waals surface area contributed by atoms with Crippen LogP contribution < -0.4 is 5.32 Å². The number of benzene rings is 1. The molecule has 7 nitrogen and oxygen atoms in total. The van der Waals surface area contributed by atoms with Crippen LogP contribution >= 0.6 is 0 Å². The van der Waals surface area contributed by atoms with Crippen molar-refractivity contribution in [2.75, 3.05) is 32.3 Å². The molecule has 1 saturated heterocycles. The van der Waals surface area contributed by atoms with Gasteiger partial charge in [0.2, 0.25) is 0 Å². The summed E-state index contributed by atoms with van der Waals surface area (Å²) in [4.78, 5) is 0.129. The summed E-state index contributed by atoms with van der Waals surface area (Å²) in [6.45, 7) is 0.202. The van der Waals surface area contributed by atoms with E-state index in [4.69, 9.17) is 9.47 Å². The molecule has 0 spiro atoms. The predicted molar refractivity (Wildman–Crippen MR) is 85.7 cm³/mol. The number of hydrogen-bond donors (Lipinski definition) is 1. The maximum Gasteiger partial charge on any atom is 0.183 e. The van der Waals surface area contributed by atoms with E-state index in [1.165, 1.54) is 26.4 Å². The Labute approximate surface area is 136 Å². The fourth-order valence-corrected chi connectivity index (χ4v) is 7.34. The molecule has 9 heteroatoms. The normalized spacial score (nSPS) is 24.1. The molecule has 0 aliphatic carbocycles. The van der Waals surface area contributed by atoms with Crippen LogP contribution in [0.4, 0.5) is 0 Å². The van der Waals surface area contributed by atoms with Crippen molar-refractivity contribution >= 4 is 19.7 Å². The van der Waals surface area contributed by atoms with Crippen LogP contribution in [0.1, 0.15) is 0 Å². The number of rotatable bonds is 7. The molecule has 1 fully saturated rings. The van der Waals surface area contributed by atoms with Crippen LogP contribution in [-0.4, -0.2) is 66.7 Å². The van der Waals surface area contributed by atoms with Gasteiger partial charge in [0.1, 0.15) is 0 Å². The van der Waals surface area contributed by atoms with Crippen molar-refractivity contribution in [2.45, 2.75) is 22.5 Å². The minimum atomic E-state index is -3.74. The van der Waals surface area contributed by atoms with Crippen LogP contribution in [0, 0.1) is 0 Å². The number of ether oxygens (including phenoxy) is 2. The molecule has 1 aliphatic heterocycles. The lowest BCUT2D eigenvalue weighted by molar-refractivity contribution is -0.0995. The second-order valence-corrected chi connectivity index (χ2v) is 9.71. The second kappa shape index (κ2) is 7.27. The Hall–Kier alpha value is -1.00. The first-order valence-electron chi connectivity index (χ1n) is 7.08. The van der Waals surface area contributed by atoms with Gasteiger partial charge in [-0.2, -0.15) is 0 Å². The third-order valence-corrected chi connectivity index (χ3v) is 8.01. The Bertz CT molecular complexity index is 713. The van der Waals surface area contributed by atoms with E-state index >= 15 is 0 Å². The maximum atomic E-state index is 12.7. The summed E-state index contributed by atoms with van der Waals surface area (Å²) < 4.78 is 59.5. The second-order valence-electron chi connectivity index (χ2n) is 5.39. The Morgan fingerprint density at radius 1 is 1.17 bits per heavy atom. The van der Waals surface area contributed by atoms with Gasteiger partial charge in [-0.05, 0) is 12.1 Å². The average molecular weight is 363 g/mol. The van der Waals surface area contributed by atoms with E-state index in [1.54, 1.807) is 18.2 Å². The number of sulfone groups is 2. The first-order valence-corrected chi connectivity index (χ1v) is 10.5. The standard InChI is InChI=1S/C14H21NO6S2/c1-20-14(21-2)8-15-12-9-22(16,17)10-13(12)23(18,19)11-6-4-3-5-7-11/h3-7,12-15H,8-10H2,1-2H3/t12-,13-/m0/s1. The Morgan fingerprint density at radius 2 is 1.78 bits per heavy atom. The summed E-state index contributed by atoms with van der Waals surface area (Å²) in [5.41, 5.74) is 0. The summed E-state index contributed by atoms with van der Waals surface area (Å²) in [6, 6.07) is 7.20. The van der Waals surface area contributed by atoms with Gasteiger partial charge in [0.15, 0.2) is 26.0 Å². The van der Waals surface area contributed by atoms with Crippen molar-refractivity contribution in [3.05, 3.63) is 30.3 Å². The molecule has 1 N–H and O–H groups in total. The molecule has 0 saturated carbocycles. The number of hydrogen-bond acceptors (Lipinski definition) is 7. The van der Waals surface area contributed by atoms with Gasteiger partial charge in [-0.3, -0.25) is 0 Å². The van der Waals surface area contributed by atoms with Crippen LogP contribution in [0.15, 0.2) is 35.2 Å². The van der Waals surface area contributed by atoms with E-state index in [-0.39, 0.29) is 22.9 Å². The first kappa shape index (κ1) is 18.3. The summed E-state index contributed by atoms with van der Waals surface area (Å²) in [7, 11) is -4.25. The maximum absolute atomic E-state index is 12.7. The van der Waals surface area contributed by atoms with Crippen molar-refractivity contribution in [3.8, 4) is 0 Å². The Balaban J connectivity index is 2.24. The van der Waals surface area contributed by atoms with Gasteiger partial charge in [0.05, 0.1) is 21.7 Å². The monoisotopic (exact) mass is 363 g/mol. The minimum Gasteiger partial charge on any atom is -0.355 e. The molecule has 2 rings (SSSR count). The van der Waals surface area contributed by atoms with E-state index in [9.17, 15) is 16.8 Å². The lowest BCUT2D eigenvalue weighted by Crippen LogP contribution is -2.46. The van der Waals surface area contributed by atoms with E-state index in [0.717, 1.165) is 0 Å². The quantitative estimate of drug-likeness (QED) is 0.672. The zero-order valence-electron chi connectivity index (χ0n) is 13.0. The zero-order valence-corrected chi connectivity index (χ0v) is 14.6. The van der Waals surface area contributed by atoms with Crippen molar-refractivity contribution in [2.24, 2.45) is 0 Å². The van der Waals surface area contributed by atoms with Gasteiger partial charge < -0.3 is 14.8 Å². The topological polar surface area (TPSA) is 98.8 Å². The highest BCUT2D eigenvalue weighted by Gasteiger charge is 2.45.